The molecule has 0 unspecified atom stereocenters. The third-order valence-corrected chi connectivity index (χ3v) is 3.25. The second-order valence-electron chi connectivity index (χ2n) is 3.68. The number of fused-ring (bicyclic) bond motifs is 1. The van der Waals surface area contributed by atoms with Crippen LogP contribution in [0, 0.1) is 0 Å². The summed E-state index contributed by atoms with van der Waals surface area (Å²) >= 11 is 11.8. The van der Waals surface area contributed by atoms with Gasteiger partial charge in [0.25, 0.3) is 5.91 Å². The van der Waals surface area contributed by atoms with E-state index in [0.717, 1.165) is 0 Å². The molecule has 0 atom stereocenters. The van der Waals surface area contributed by atoms with Crippen molar-refractivity contribution in [2.75, 3.05) is 25.1 Å². The Morgan fingerprint density at radius 2 is 2.11 bits per heavy atom. The third-order valence-electron chi connectivity index (χ3n) is 2.53. The van der Waals surface area contributed by atoms with Gasteiger partial charge in [0.05, 0.1) is 15.7 Å². The van der Waals surface area contributed by atoms with Gasteiger partial charge in [-0.05, 0) is 6.07 Å². The van der Waals surface area contributed by atoms with Gasteiger partial charge in [0.2, 0.25) is 5.91 Å². The highest BCUT2D eigenvalue weighted by Gasteiger charge is 2.28. The molecule has 2 rings (SSSR count). The largest absolute Gasteiger partial charge is 0.482 e. The summed E-state index contributed by atoms with van der Waals surface area (Å²) in [5, 5.41) is 3.10. The zero-order valence-electron chi connectivity index (χ0n) is 9.50. The second-order valence-corrected chi connectivity index (χ2v) is 4.49. The number of anilines is 1. The molecule has 0 saturated heterocycles. The fourth-order valence-electron chi connectivity index (χ4n) is 1.59. The fourth-order valence-corrected chi connectivity index (χ4v) is 1.90. The zero-order chi connectivity index (χ0) is 13.3. The molecule has 18 heavy (non-hydrogen) atoms. The predicted octanol–water partition coefficient (Wildman–Crippen LogP) is 1.46. The Bertz CT molecular complexity index is 519. The molecule has 1 aromatic rings. The Morgan fingerprint density at radius 1 is 1.44 bits per heavy atom. The summed E-state index contributed by atoms with van der Waals surface area (Å²) in [5.41, 5.74) is 0.448. The summed E-state index contributed by atoms with van der Waals surface area (Å²) < 4.78 is 5.25. The van der Waals surface area contributed by atoms with Gasteiger partial charge in [-0.25, -0.2) is 0 Å². The minimum absolute atomic E-state index is 0.0797. The van der Waals surface area contributed by atoms with Gasteiger partial charge < -0.3 is 10.1 Å². The Kier molecular flexibility index (Phi) is 3.63. The molecule has 0 fully saturated rings. The molecule has 1 aromatic carbocycles. The van der Waals surface area contributed by atoms with Crippen LogP contribution in [-0.4, -0.2) is 32.0 Å². The topological polar surface area (TPSA) is 58.6 Å². The quantitative estimate of drug-likeness (QED) is 0.896. The molecule has 1 N–H and O–H groups in total. The van der Waals surface area contributed by atoms with Gasteiger partial charge in [-0.1, -0.05) is 23.2 Å². The number of amides is 2. The number of carbonyl (C=O) groups excluding carboxylic acids is 2. The maximum Gasteiger partial charge on any atom is 0.265 e. The molecule has 1 aliphatic rings. The summed E-state index contributed by atoms with van der Waals surface area (Å²) in [7, 11) is 1.50. The summed E-state index contributed by atoms with van der Waals surface area (Å²) in [6.07, 6.45) is 0. The van der Waals surface area contributed by atoms with E-state index in [1.54, 1.807) is 0 Å². The lowest BCUT2D eigenvalue weighted by Crippen LogP contribution is -2.44. The fraction of sp³-hybridized carbons (Fsp3) is 0.273. The Balaban J connectivity index is 2.40. The van der Waals surface area contributed by atoms with Crippen molar-refractivity contribution in [2.45, 2.75) is 0 Å². The summed E-state index contributed by atoms with van der Waals surface area (Å²) in [6.45, 7) is -0.203. The molecule has 5 nitrogen and oxygen atoms in total. The highest BCUT2D eigenvalue weighted by molar-refractivity contribution is 6.42. The molecule has 0 spiro atoms. The number of hydrogen-bond donors (Lipinski definition) is 1. The van der Waals surface area contributed by atoms with Crippen LogP contribution in [0.4, 0.5) is 5.69 Å². The Morgan fingerprint density at radius 3 is 2.78 bits per heavy atom. The number of ether oxygens (including phenoxy) is 1. The van der Waals surface area contributed by atoms with Crippen LogP contribution in [0.1, 0.15) is 0 Å². The lowest BCUT2D eigenvalue weighted by molar-refractivity contribution is -0.125. The molecule has 1 aliphatic heterocycles. The van der Waals surface area contributed by atoms with Gasteiger partial charge in [0.15, 0.2) is 6.61 Å². The van der Waals surface area contributed by atoms with E-state index < -0.39 is 0 Å². The first-order chi connectivity index (χ1) is 8.52. The predicted molar refractivity (Wildman–Crippen MR) is 68.4 cm³/mol. The lowest BCUT2D eigenvalue weighted by Gasteiger charge is -2.29. The number of halogens is 2. The van der Waals surface area contributed by atoms with E-state index in [4.69, 9.17) is 27.9 Å². The van der Waals surface area contributed by atoms with Crippen molar-refractivity contribution in [1.82, 2.24) is 5.32 Å². The lowest BCUT2D eigenvalue weighted by atomic mass is 10.2. The van der Waals surface area contributed by atoms with Crippen LogP contribution in [0.2, 0.25) is 10.0 Å². The van der Waals surface area contributed by atoms with Crippen LogP contribution in [0.5, 0.6) is 5.75 Å². The van der Waals surface area contributed by atoms with E-state index in [1.165, 1.54) is 24.1 Å². The number of nitrogens with one attached hydrogen (secondary N) is 1. The number of carbonyl (C=O) groups is 2. The smallest absolute Gasteiger partial charge is 0.265 e. The number of benzene rings is 1. The van der Waals surface area contributed by atoms with Crippen LogP contribution in [0.15, 0.2) is 12.1 Å². The van der Waals surface area contributed by atoms with Gasteiger partial charge in [-0.15, -0.1) is 0 Å². The van der Waals surface area contributed by atoms with Crippen LogP contribution in [0.3, 0.4) is 0 Å². The summed E-state index contributed by atoms with van der Waals surface area (Å²) in [5.74, 6) is -0.139. The standard InChI is InChI=1S/C11H10Cl2N2O3/c1-14-10(16)4-15-8-2-6(12)7(13)3-9(8)18-5-11(15)17/h2-3H,4-5H2,1H3,(H,14,16). The Hall–Kier alpha value is -1.46. The van der Waals surface area contributed by atoms with E-state index in [2.05, 4.69) is 5.32 Å². The molecule has 0 aromatic heterocycles. The highest BCUT2D eigenvalue weighted by Crippen LogP contribution is 2.38. The normalized spacial score (nSPS) is 13.9. The SMILES string of the molecule is CNC(=O)CN1C(=O)COc2cc(Cl)c(Cl)cc21. The first kappa shape index (κ1) is 13.0. The molecule has 2 amide bonds. The van der Waals surface area contributed by atoms with Crippen molar-refractivity contribution in [3.05, 3.63) is 22.2 Å². The van der Waals surface area contributed by atoms with E-state index in [9.17, 15) is 9.59 Å². The summed E-state index contributed by atoms with van der Waals surface area (Å²) in [6, 6.07) is 3.04. The molecule has 0 saturated carbocycles. The number of likely N-dealkylation sites (N-methyl/N-ethyl adjacent to an activating group) is 1. The second kappa shape index (κ2) is 5.04. The molecule has 7 heteroatoms. The monoisotopic (exact) mass is 288 g/mol. The van der Waals surface area contributed by atoms with Gasteiger partial charge in [-0.3, -0.25) is 14.5 Å². The van der Waals surface area contributed by atoms with E-state index in [-0.39, 0.29) is 25.0 Å². The average Bonchev–Trinajstić information content (AvgIpc) is 2.35. The number of rotatable bonds is 2. The van der Waals surface area contributed by atoms with Crippen LogP contribution in [-0.2, 0) is 9.59 Å². The van der Waals surface area contributed by atoms with Gasteiger partial charge in [-0.2, -0.15) is 0 Å². The summed E-state index contributed by atoms with van der Waals surface area (Å²) in [4.78, 5) is 24.5. The zero-order valence-corrected chi connectivity index (χ0v) is 11.0. The third kappa shape index (κ3) is 2.37. The van der Waals surface area contributed by atoms with Crippen LogP contribution >= 0.6 is 23.2 Å². The maximum atomic E-state index is 11.7. The van der Waals surface area contributed by atoms with E-state index in [0.29, 0.717) is 21.5 Å². The number of nitrogens with zero attached hydrogens (tertiary/aromatic N) is 1. The molecule has 0 radical (unpaired) electrons. The minimum Gasteiger partial charge on any atom is -0.482 e. The highest BCUT2D eigenvalue weighted by atomic mass is 35.5. The Labute approximate surface area is 114 Å². The molecule has 0 bridgehead atoms. The van der Waals surface area contributed by atoms with Gasteiger partial charge >= 0.3 is 0 Å². The van der Waals surface area contributed by atoms with Crippen molar-refractivity contribution in [3.63, 3.8) is 0 Å². The van der Waals surface area contributed by atoms with Gasteiger partial charge in [0, 0.05) is 13.1 Å². The van der Waals surface area contributed by atoms with E-state index >= 15 is 0 Å². The first-order valence-electron chi connectivity index (χ1n) is 5.15. The van der Waals surface area contributed by atoms with Crippen molar-refractivity contribution in [1.29, 1.82) is 0 Å². The molecular weight excluding hydrogens is 279 g/mol. The van der Waals surface area contributed by atoms with E-state index in [1.807, 2.05) is 0 Å². The maximum absolute atomic E-state index is 11.7. The minimum atomic E-state index is -0.301. The first-order valence-corrected chi connectivity index (χ1v) is 5.91. The molecule has 96 valence electrons. The van der Waals surface area contributed by atoms with Crippen molar-refractivity contribution in [3.8, 4) is 5.75 Å². The van der Waals surface area contributed by atoms with Crippen molar-refractivity contribution >= 4 is 40.7 Å². The molecule has 0 aliphatic carbocycles. The van der Waals surface area contributed by atoms with Crippen LogP contribution in [0.25, 0.3) is 0 Å². The van der Waals surface area contributed by atoms with Crippen molar-refractivity contribution in [2.24, 2.45) is 0 Å². The van der Waals surface area contributed by atoms with Crippen LogP contribution < -0.4 is 15.0 Å². The molecular formula is C11H10Cl2N2O3. The molecule has 1 heterocycles. The average molecular weight is 289 g/mol. The van der Waals surface area contributed by atoms with Gasteiger partial charge in [0.1, 0.15) is 12.3 Å². The van der Waals surface area contributed by atoms with Crippen molar-refractivity contribution < 1.29 is 14.3 Å². The number of hydrogen-bond acceptors (Lipinski definition) is 3.